The molecule has 1 aliphatic heterocycles. The summed E-state index contributed by atoms with van der Waals surface area (Å²) in [4.78, 5) is 33.7. The van der Waals surface area contributed by atoms with Crippen LogP contribution in [0.15, 0.2) is 22.9 Å². The smallest absolute Gasteiger partial charge is 0.261 e. The molecule has 0 spiro atoms. The average molecular weight is 443 g/mol. The van der Waals surface area contributed by atoms with Gasteiger partial charge in [0, 0.05) is 37.1 Å². The van der Waals surface area contributed by atoms with Gasteiger partial charge in [0.1, 0.15) is 16.2 Å². The molecule has 0 unspecified atom stereocenters. The number of aliphatic hydroxyl groups excluding tert-OH is 1. The standard InChI is InChI=1S/C22H26N4O4S/c1-12(2)18-16(13(3)30-25-18)22(29)26-9-6-14(11-26)17-15-5-4-7-24-21(15)31-19(17)20(28)23-8-10-27/h4-5,7,12,14,27H,6,8-11H2,1-3H3,(H,23,28)/t14-/m0/s1. The van der Waals surface area contributed by atoms with E-state index in [4.69, 9.17) is 9.63 Å². The summed E-state index contributed by atoms with van der Waals surface area (Å²) in [6.45, 7) is 6.93. The van der Waals surface area contributed by atoms with Crippen LogP contribution in [-0.4, -0.2) is 58.2 Å². The van der Waals surface area contributed by atoms with Crippen molar-refractivity contribution in [1.29, 1.82) is 0 Å². The number of aromatic nitrogens is 2. The van der Waals surface area contributed by atoms with Gasteiger partial charge in [-0.3, -0.25) is 9.59 Å². The lowest BCUT2D eigenvalue weighted by Gasteiger charge is -2.18. The van der Waals surface area contributed by atoms with Gasteiger partial charge in [-0.1, -0.05) is 25.1 Å². The third kappa shape index (κ3) is 3.95. The fourth-order valence-corrected chi connectivity index (χ4v) is 5.30. The van der Waals surface area contributed by atoms with Crippen molar-refractivity contribution in [2.75, 3.05) is 26.2 Å². The number of thiophene rings is 1. The van der Waals surface area contributed by atoms with Gasteiger partial charge < -0.3 is 19.8 Å². The molecule has 4 heterocycles. The zero-order valence-corrected chi connectivity index (χ0v) is 18.7. The fourth-order valence-electron chi connectivity index (χ4n) is 4.16. The zero-order chi connectivity index (χ0) is 22.1. The van der Waals surface area contributed by atoms with Crippen molar-refractivity contribution >= 4 is 33.4 Å². The van der Waals surface area contributed by atoms with Crippen LogP contribution in [0.4, 0.5) is 0 Å². The zero-order valence-electron chi connectivity index (χ0n) is 17.8. The van der Waals surface area contributed by atoms with E-state index in [9.17, 15) is 9.59 Å². The highest BCUT2D eigenvalue weighted by atomic mass is 32.1. The summed E-state index contributed by atoms with van der Waals surface area (Å²) in [5, 5.41) is 16.9. The van der Waals surface area contributed by atoms with Gasteiger partial charge in [0.2, 0.25) is 0 Å². The van der Waals surface area contributed by atoms with E-state index in [0.717, 1.165) is 22.2 Å². The van der Waals surface area contributed by atoms with Crippen LogP contribution >= 0.6 is 11.3 Å². The number of fused-ring (bicyclic) bond motifs is 1. The van der Waals surface area contributed by atoms with Crippen molar-refractivity contribution in [1.82, 2.24) is 20.4 Å². The summed E-state index contributed by atoms with van der Waals surface area (Å²) in [7, 11) is 0. The molecule has 2 amide bonds. The summed E-state index contributed by atoms with van der Waals surface area (Å²) < 4.78 is 5.31. The molecular formula is C22H26N4O4S. The number of carbonyl (C=O) groups is 2. The third-order valence-electron chi connectivity index (χ3n) is 5.64. The Hall–Kier alpha value is -2.78. The molecule has 1 atom stereocenters. The highest BCUT2D eigenvalue weighted by molar-refractivity contribution is 7.20. The Bertz CT molecular complexity index is 1120. The Morgan fingerprint density at radius 1 is 1.42 bits per heavy atom. The van der Waals surface area contributed by atoms with Crippen LogP contribution in [0, 0.1) is 6.92 Å². The fraction of sp³-hybridized carbons (Fsp3) is 0.455. The lowest BCUT2D eigenvalue weighted by Crippen LogP contribution is -2.30. The number of pyridine rings is 1. The molecule has 3 aromatic heterocycles. The average Bonchev–Trinajstić information content (AvgIpc) is 3.47. The van der Waals surface area contributed by atoms with E-state index < -0.39 is 0 Å². The minimum absolute atomic E-state index is 0.0273. The lowest BCUT2D eigenvalue weighted by atomic mass is 9.95. The van der Waals surface area contributed by atoms with E-state index in [2.05, 4.69) is 15.5 Å². The molecule has 9 heteroatoms. The normalized spacial score (nSPS) is 16.4. The molecule has 8 nitrogen and oxygen atoms in total. The molecule has 0 saturated carbocycles. The Balaban J connectivity index is 1.64. The minimum Gasteiger partial charge on any atom is -0.395 e. The quantitative estimate of drug-likeness (QED) is 0.607. The summed E-state index contributed by atoms with van der Waals surface area (Å²) in [6.07, 6.45) is 2.47. The molecule has 31 heavy (non-hydrogen) atoms. The first-order chi connectivity index (χ1) is 14.9. The van der Waals surface area contributed by atoms with Crippen LogP contribution in [0.25, 0.3) is 10.2 Å². The second-order valence-corrected chi connectivity index (χ2v) is 9.07. The van der Waals surface area contributed by atoms with Crippen LogP contribution in [0.3, 0.4) is 0 Å². The summed E-state index contributed by atoms with van der Waals surface area (Å²) >= 11 is 1.35. The number of hydrogen-bond acceptors (Lipinski definition) is 7. The molecule has 0 aromatic carbocycles. The van der Waals surface area contributed by atoms with Gasteiger partial charge in [0.15, 0.2) is 0 Å². The van der Waals surface area contributed by atoms with E-state index >= 15 is 0 Å². The predicted octanol–water partition coefficient (Wildman–Crippen LogP) is 3.07. The Kier molecular flexibility index (Phi) is 6.06. The Morgan fingerprint density at radius 3 is 2.97 bits per heavy atom. The van der Waals surface area contributed by atoms with Gasteiger partial charge >= 0.3 is 0 Å². The maximum absolute atomic E-state index is 13.3. The second-order valence-electron chi connectivity index (χ2n) is 8.07. The number of aliphatic hydroxyl groups is 1. The number of nitrogens with one attached hydrogen (secondary N) is 1. The first kappa shape index (κ1) is 21.5. The van der Waals surface area contributed by atoms with Crippen LogP contribution < -0.4 is 5.32 Å². The van der Waals surface area contributed by atoms with Gasteiger partial charge in [0.05, 0.1) is 17.2 Å². The van der Waals surface area contributed by atoms with E-state index in [-0.39, 0.29) is 36.8 Å². The van der Waals surface area contributed by atoms with Crippen molar-refractivity contribution < 1.29 is 19.2 Å². The predicted molar refractivity (Wildman–Crippen MR) is 118 cm³/mol. The molecular weight excluding hydrogens is 416 g/mol. The first-order valence-electron chi connectivity index (χ1n) is 10.4. The molecule has 0 aliphatic carbocycles. The SMILES string of the molecule is Cc1onc(C(C)C)c1C(=O)N1CC[C@H](c2c(C(=O)NCCO)sc3ncccc23)C1. The number of nitrogens with zero attached hydrogens (tertiary/aromatic N) is 3. The molecule has 2 N–H and O–H groups in total. The number of aryl methyl sites for hydroxylation is 1. The third-order valence-corrected chi connectivity index (χ3v) is 6.77. The van der Waals surface area contributed by atoms with Gasteiger partial charge in [-0.2, -0.15) is 0 Å². The maximum Gasteiger partial charge on any atom is 0.261 e. The van der Waals surface area contributed by atoms with Crippen LogP contribution in [-0.2, 0) is 0 Å². The van der Waals surface area contributed by atoms with Gasteiger partial charge in [-0.25, -0.2) is 4.98 Å². The minimum atomic E-state index is -0.214. The highest BCUT2D eigenvalue weighted by Crippen LogP contribution is 2.40. The number of carbonyl (C=O) groups excluding carboxylic acids is 2. The molecule has 1 fully saturated rings. The summed E-state index contributed by atoms with van der Waals surface area (Å²) in [6, 6.07) is 3.84. The molecule has 3 aromatic rings. The molecule has 0 radical (unpaired) electrons. The topological polar surface area (TPSA) is 109 Å². The Morgan fingerprint density at radius 2 is 2.23 bits per heavy atom. The number of rotatable bonds is 6. The van der Waals surface area contributed by atoms with Gasteiger partial charge in [0.25, 0.3) is 11.8 Å². The molecule has 4 rings (SSSR count). The van der Waals surface area contributed by atoms with Crippen molar-refractivity contribution in [3.63, 3.8) is 0 Å². The lowest BCUT2D eigenvalue weighted by molar-refractivity contribution is 0.0787. The molecule has 1 aliphatic rings. The van der Waals surface area contributed by atoms with Crippen LogP contribution in [0.1, 0.15) is 69.2 Å². The monoisotopic (exact) mass is 442 g/mol. The van der Waals surface area contributed by atoms with E-state index in [1.165, 1.54) is 11.3 Å². The van der Waals surface area contributed by atoms with Crippen LogP contribution in [0.5, 0.6) is 0 Å². The maximum atomic E-state index is 13.3. The van der Waals surface area contributed by atoms with Crippen molar-refractivity contribution in [2.24, 2.45) is 0 Å². The number of likely N-dealkylation sites (tertiary alicyclic amines) is 1. The number of amides is 2. The molecule has 0 bridgehead atoms. The van der Waals surface area contributed by atoms with Crippen molar-refractivity contribution in [2.45, 2.75) is 39.0 Å². The highest BCUT2D eigenvalue weighted by Gasteiger charge is 2.35. The van der Waals surface area contributed by atoms with Crippen molar-refractivity contribution in [3.8, 4) is 0 Å². The van der Waals surface area contributed by atoms with Crippen LogP contribution in [0.2, 0.25) is 0 Å². The summed E-state index contributed by atoms with van der Waals surface area (Å²) in [5.41, 5.74) is 2.17. The second kappa shape index (κ2) is 8.76. The van der Waals surface area contributed by atoms with Gasteiger partial charge in [-0.15, -0.1) is 11.3 Å². The van der Waals surface area contributed by atoms with E-state index in [1.807, 2.05) is 30.9 Å². The number of hydrogen-bond donors (Lipinski definition) is 2. The summed E-state index contributed by atoms with van der Waals surface area (Å²) in [5.74, 6) is 0.358. The van der Waals surface area contributed by atoms with Crippen molar-refractivity contribution in [3.05, 3.63) is 45.8 Å². The molecule has 1 saturated heterocycles. The van der Waals surface area contributed by atoms with Gasteiger partial charge in [-0.05, 0) is 30.9 Å². The van der Waals surface area contributed by atoms with E-state index in [1.54, 1.807) is 13.1 Å². The first-order valence-corrected chi connectivity index (χ1v) is 11.3. The largest absolute Gasteiger partial charge is 0.395 e. The van der Waals surface area contributed by atoms with E-state index in [0.29, 0.717) is 35.0 Å². The Labute approximate surface area is 184 Å². The molecule has 164 valence electrons.